The number of aromatic nitrogens is 2. The van der Waals surface area contributed by atoms with E-state index in [4.69, 9.17) is 4.74 Å². The van der Waals surface area contributed by atoms with Crippen LogP contribution in [0.3, 0.4) is 0 Å². The van der Waals surface area contributed by atoms with Crippen molar-refractivity contribution in [1.82, 2.24) is 9.55 Å². The van der Waals surface area contributed by atoms with Crippen molar-refractivity contribution in [2.75, 3.05) is 6.61 Å². The normalized spacial score (nSPS) is 30.7. The van der Waals surface area contributed by atoms with Gasteiger partial charge < -0.3 is 14.9 Å². The largest absolute Gasteiger partial charge is 0.393 e. The van der Waals surface area contributed by atoms with Gasteiger partial charge in [-0.25, -0.2) is 4.79 Å². The summed E-state index contributed by atoms with van der Waals surface area (Å²) >= 11 is 3.03. The SMILES string of the molecule is CC[C@]1(CO)O[C@@H](n2cc(Br)c(=O)[nH]c2=O)C[C@@H]1O. The lowest BCUT2D eigenvalue weighted by Gasteiger charge is -2.28. The van der Waals surface area contributed by atoms with Gasteiger partial charge in [0, 0.05) is 12.6 Å². The number of nitrogens with zero attached hydrogens (tertiary/aromatic N) is 1. The van der Waals surface area contributed by atoms with Crippen LogP contribution in [0.1, 0.15) is 26.0 Å². The van der Waals surface area contributed by atoms with Gasteiger partial charge in [-0.3, -0.25) is 14.3 Å². The molecule has 1 aromatic heterocycles. The molecule has 106 valence electrons. The van der Waals surface area contributed by atoms with E-state index in [0.717, 1.165) is 0 Å². The topological polar surface area (TPSA) is 105 Å². The Balaban J connectivity index is 2.38. The van der Waals surface area contributed by atoms with Crippen LogP contribution in [-0.4, -0.2) is 38.1 Å². The number of hydrogen-bond acceptors (Lipinski definition) is 5. The fourth-order valence-corrected chi connectivity index (χ4v) is 2.54. The molecule has 0 aromatic carbocycles. The molecule has 2 rings (SSSR count). The van der Waals surface area contributed by atoms with Gasteiger partial charge in [0.15, 0.2) is 0 Å². The molecule has 0 aliphatic carbocycles. The lowest BCUT2D eigenvalue weighted by molar-refractivity contribution is -0.130. The number of H-pyrrole nitrogens is 1. The van der Waals surface area contributed by atoms with E-state index in [0.29, 0.717) is 6.42 Å². The van der Waals surface area contributed by atoms with Gasteiger partial charge in [0.1, 0.15) is 11.8 Å². The lowest BCUT2D eigenvalue weighted by Crippen LogP contribution is -2.42. The van der Waals surface area contributed by atoms with Crippen LogP contribution < -0.4 is 11.2 Å². The molecular weight excluding hydrogens is 320 g/mol. The highest BCUT2D eigenvalue weighted by Crippen LogP contribution is 2.38. The molecule has 0 radical (unpaired) electrons. The molecule has 0 bridgehead atoms. The third-order valence-corrected chi connectivity index (χ3v) is 4.07. The van der Waals surface area contributed by atoms with Gasteiger partial charge in [-0.2, -0.15) is 0 Å². The first-order chi connectivity index (χ1) is 8.93. The quantitative estimate of drug-likeness (QED) is 0.705. The van der Waals surface area contributed by atoms with Crippen molar-refractivity contribution in [2.24, 2.45) is 0 Å². The molecule has 0 spiro atoms. The van der Waals surface area contributed by atoms with Crippen molar-refractivity contribution < 1.29 is 14.9 Å². The van der Waals surface area contributed by atoms with Crippen LogP contribution in [0.4, 0.5) is 0 Å². The summed E-state index contributed by atoms with van der Waals surface area (Å²) in [5.41, 5.74) is -2.20. The maximum absolute atomic E-state index is 11.7. The second-order valence-corrected chi connectivity index (χ2v) is 5.40. The van der Waals surface area contributed by atoms with Crippen molar-refractivity contribution in [3.05, 3.63) is 31.5 Å². The van der Waals surface area contributed by atoms with Crippen molar-refractivity contribution >= 4 is 15.9 Å². The minimum atomic E-state index is -1.06. The molecule has 0 saturated carbocycles. The number of nitrogens with one attached hydrogen (secondary N) is 1. The Kier molecular flexibility index (Phi) is 3.95. The van der Waals surface area contributed by atoms with Gasteiger partial charge in [-0.15, -0.1) is 0 Å². The zero-order chi connectivity index (χ0) is 14.2. The minimum absolute atomic E-state index is 0.173. The Morgan fingerprint density at radius 1 is 1.63 bits per heavy atom. The number of aliphatic hydroxyl groups is 2. The van der Waals surface area contributed by atoms with Gasteiger partial charge in [0.25, 0.3) is 5.56 Å². The van der Waals surface area contributed by atoms with Crippen LogP contribution in [0.15, 0.2) is 20.3 Å². The summed E-state index contributed by atoms with van der Waals surface area (Å²) in [6, 6.07) is 0. The van der Waals surface area contributed by atoms with E-state index in [-0.39, 0.29) is 17.5 Å². The summed E-state index contributed by atoms with van der Waals surface area (Å²) in [6.45, 7) is 1.45. The number of ether oxygens (including phenoxy) is 1. The predicted octanol–water partition coefficient (Wildman–Crippen LogP) is -0.280. The third-order valence-electron chi connectivity index (χ3n) is 3.50. The molecule has 1 aliphatic rings. The lowest BCUT2D eigenvalue weighted by atomic mass is 9.95. The van der Waals surface area contributed by atoms with Crippen molar-refractivity contribution in [3.8, 4) is 0 Å². The van der Waals surface area contributed by atoms with Crippen molar-refractivity contribution in [1.29, 1.82) is 0 Å². The average Bonchev–Trinajstić information content (AvgIpc) is 2.71. The molecule has 1 aromatic rings. The molecule has 0 amide bonds. The van der Waals surface area contributed by atoms with Crippen LogP contribution in [0.2, 0.25) is 0 Å². The molecule has 1 saturated heterocycles. The van der Waals surface area contributed by atoms with E-state index in [9.17, 15) is 19.8 Å². The summed E-state index contributed by atoms with van der Waals surface area (Å²) in [5.74, 6) is 0. The molecule has 3 atom stereocenters. The highest BCUT2D eigenvalue weighted by Gasteiger charge is 2.47. The maximum atomic E-state index is 11.7. The number of halogens is 1. The van der Waals surface area contributed by atoms with Gasteiger partial charge in [0.2, 0.25) is 0 Å². The third kappa shape index (κ3) is 2.40. The molecular formula is C11H15BrN2O5. The summed E-state index contributed by atoms with van der Waals surface area (Å²) in [5, 5.41) is 19.4. The van der Waals surface area contributed by atoms with Crippen molar-refractivity contribution in [3.63, 3.8) is 0 Å². The second kappa shape index (κ2) is 5.20. The molecule has 7 nitrogen and oxygen atoms in total. The fourth-order valence-electron chi connectivity index (χ4n) is 2.22. The molecule has 19 heavy (non-hydrogen) atoms. The summed E-state index contributed by atoms with van der Waals surface area (Å²) in [7, 11) is 0. The zero-order valence-electron chi connectivity index (χ0n) is 10.3. The van der Waals surface area contributed by atoms with E-state index in [1.54, 1.807) is 6.92 Å². The Bertz CT molecular complexity index is 577. The van der Waals surface area contributed by atoms with E-state index in [1.165, 1.54) is 10.8 Å². The molecule has 2 heterocycles. The standard InChI is InChI=1S/C11H15BrN2O5/c1-2-11(5-15)7(16)3-8(19-11)14-4-6(12)9(17)13-10(14)18/h4,7-8,15-16H,2-3,5H2,1H3,(H,13,17,18)/t7-,8+,11+/m0/s1. The molecule has 0 unspecified atom stereocenters. The van der Waals surface area contributed by atoms with Gasteiger partial charge in [-0.05, 0) is 22.4 Å². The number of hydrogen-bond donors (Lipinski definition) is 3. The molecule has 3 N–H and O–H groups in total. The average molecular weight is 335 g/mol. The maximum Gasteiger partial charge on any atom is 0.330 e. The van der Waals surface area contributed by atoms with Crippen LogP contribution >= 0.6 is 15.9 Å². The number of aromatic amines is 1. The smallest absolute Gasteiger partial charge is 0.330 e. The van der Waals surface area contributed by atoms with E-state index in [1.807, 2.05) is 0 Å². The second-order valence-electron chi connectivity index (χ2n) is 4.54. The van der Waals surface area contributed by atoms with Crippen molar-refractivity contribution in [2.45, 2.75) is 37.7 Å². The first-order valence-electron chi connectivity index (χ1n) is 5.91. The monoisotopic (exact) mass is 334 g/mol. The Morgan fingerprint density at radius 2 is 2.32 bits per heavy atom. The summed E-state index contributed by atoms with van der Waals surface area (Å²) < 4.78 is 7.04. The van der Waals surface area contributed by atoms with E-state index in [2.05, 4.69) is 20.9 Å². The minimum Gasteiger partial charge on any atom is -0.393 e. The van der Waals surface area contributed by atoms with E-state index >= 15 is 0 Å². The van der Waals surface area contributed by atoms with E-state index < -0.39 is 29.2 Å². The highest BCUT2D eigenvalue weighted by molar-refractivity contribution is 9.10. The van der Waals surface area contributed by atoms with Gasteiger partial charge >= 0.3 is 5.69 Å². The molecule has 8 heteroatoms. The first kappa shape index (κ1) is 14.4. The Morgan fingerprint density at radius 3 is 2.84 bits per heavy atom. The zero-order valence-corrected chi connectivity index (χ0v) is 11.9. The predicted molar refractivity (Wildman–Crippen MR) is 69.9 cm³/mol. The van der Waals surface area contributed by atoms with Gasteiger partial charge in [0.05, 0.1) is 17.2 Å². The molecule has 1 fully saturated rings. The number of aliphatic hydroxyl groups excluding tert-OH is 2. The van der Waals surface area contributed by atoms with Crippen LogP contribution in [0, 0.1) is 0 Å². The summed E-state index contributed by atoms with van der Waals surface area (Å²) in [6.07, 6.45) is 0.322. The van der Waals surface area contributed by atoms with Crippen LogP contribution in [-0.2, 0) is 4.74 Å². The Labute approximate surface area is 117 Å². The van der Waals surface area contributed by atoms with Gasteiger partial charge in [-0.1, -0.05) is 6.92 Å². The van der Waals surface area contributed by atoms with Crippen LogP contribution in [0.25, 0.3) is 0 Å². The first-order valence-corrected chi connectivity index (χ1v) is 6.70. The Hall–Kier alpha value is -0.960. The molecule has 1 aliphatic heterocycles. The summed E-state index contributed by atoms with van der Waals surface area (Å²) in [4.78, 5) is 25.1. The number of rotatable bonds is 3. The van der Waals surface area contributed by atoms with Crippen LogP contribution in [0.5, 0.6) is 0 Å². The highest BCUT2D eigenvalue weighted by atomic mass is 79.9. The fraction of sp³-hybridized carbons (Fsp3) is 0.636.